The van der Waals surface area contributed by atoms with E-state index in [0.717, 1.165) is 39.4 Å². The van der Waals surface area contributed by atoms with E-state index in [-0.39, 0.29) is 6.04 Å². The minimum atomic E-state index is -0.766. The molecule has 0 spiro atoms. The molecule has 5 nitrogen and oxygen atoms in total. The van der Waals surface area contributed by atoms with Crippen molar-refractivity contribution in [1.82, 2.24) is 14.9 Å². The smallest absolute Gasteiger partial charge is 0.320 e. The fourth-order valence-corrected chi connectivity index (χ4v) is 4.66. The maximum atomic E-state index is 11.8. The summed E-state index contributed by atoms with van der Waals surface area (Å²) in [5.41, 5.74) is 2.91. The summed E-state index contributed by atoms with van der Waals surface area (Å²) in [6.07, 6.45) is 3.32. The molecule has 1 fully saturated rings. The van der Waals surface area contributed by atoms with Gasteiger partial charge in [-0.1, -0.05) is 18.2 Å². The lowest BCUT2D eigenvalue weighted by Crippen LogP contribution is -2.39. The third kappa shape index (κ3) is 2.92. The molecule has 2 atom stereocenters. The van der Waals surface area contributed by atoms with Gasteiger partial charge in [0.2, 0.25) is 0 Å². The first kappa shape index (κ1) is 16.2. The van der Waals surface area contributed by atoms with Crippen LogP contribution >= 0.6 is 11.3 Å². The van der Waals surface area contributed by atoms with Gasteiger partial charge in [0.15, 0.2) is 0 Å². The van der Waals surface area contributed by atoms with Crippen LogP contribution in [-0.2, 0) is 4.79 Å². The lowest BCUT2D eigenvalue weighted by atomic mass is 10.1. The van der Waals surface area contributed by atoms with Gasteiger partial charge >= 0.3 is 5.97 Å². The quantitative estimate of drug-likeness (QED) is 0.776. The van der Waals surface area contributed by atoms with Gasteiger partial charge < -0.3 is 5.11 Å². The van der Waals surface area contributed by atoms with Crippen LogP contribution in [-0.4, -0.2) is 38.5 Å². The molecule has 0 bridgehead atoms. The Hall–Kier alpha value is -2.31. The summed E-state index contributed by atoms with van der Waals surface area (Å²) in [7, 11) is 0. The monoisotopic (exact) mass is 353 g/mol. The molecule has 6 heteroatoms. The van der Waals surface area contributed by atoms with E-state index in [1.165, 1.54) is 0 Å². The normalized spacial score (nSPS) is 19.3. The van der Waals surface area contributed by atoms with Crippen LogP contribution in [0.4, 0.5) is 0 Å². The third-order valence-electron chi connectivity index (χ3n) is 4.76. The molecule has 1 saturated heterocycles. The van der Waals surface area contributed by atoms with Crippen LogP contribution in [0.5, 0.6) is 0 Å². The Morgan fingerprint density at radius 1 is 1.32 bits per heavy atom. The molecule has 0 radical (unpaired) electrons. The molecule has 1 aromatic carbocycles. The van der Waals surface area contributed by atoms with E-state index in [1.54, 1.807) is 17.5 Å². The van der Waals surface area contributed by atoms with Crippen molar-refractivity contribution in [3.05, 3.63) is 58.9 Å². The molecule has 4 rings (SSSR count). The average molecular weight is 353 g/mol. The van der Waals surface area contributed by atoms with Gasteiger partial charge in [-0.3, -0.25) is 14.7 Å². The number of benzene rings is 1. The van der Waals surface area contributed by atoms with Crippen LogP contribution in [0.1, 0.15) is 35.1 Å². The van der Waals surface area contributed by atoms with Gasteiger partial charge in [-0.15, -0.1) is 11.3 Å². The van der Waals surface area contributed by atoms with Crippen LogP contribution in [0.25, 0.3) is 10.2 Å². The van der Waals surface area contributed by atoms with Crippen LogP contribution in [0, 0.1) is 6.92 Å². The van der Waals surface area contributed by atoms with Gasteiger partial charge in [-0.05, 0) is 43.5 Å². The molecular weight excluding hydrogens is 334 g/mol. The number of likely N-dealkylation sites (tertiary alicyclic amines) is 1. The predicted molar refractivity (Wildman–Crippen MR) is 97.8 cm³/mol. The molecule has 0 amide bonds. The number of fused-ring (bicyclic) bond motifs is 1. The third-order valence-corrected chi connectivity index (χ3v) is 5.85. The highest BCUT2D eigenvalue weighted by atomic mass is 32.1. The first-order valence-electron chi connectivity index (χ1n) is 8.40. The van der Waals surface area contributed by atoms with Crippen molar-refractivity contribution < 1.29 is 9.90 Å². The zero-order chi connectivity index (χ0) is 17.4. The van der Waals surface area contributed by atoms with Gasteiger partial charge in [0.25, 0.3) is 0 Å². The first-order valence-corrected chi connectivity index (χ1v) is 9.22. The summed E-state index contributed by atoms with van der Waals surface area (Å²) in [5.74, 6) is -0.766. The van der Waals surface area contributed by atoms with Crippen molar-refractivity contribution in [1.29, 1.82) is 0 Å². The second-order valence-corrected chi connectivity index (χ2v) is 7.42. The maximum Gasteiger partial charge on any atom is 0.320 e. The summed E-state index contributed by atoms with van der Waals surface area (Å²) in [6.45, 7) is 2.77. The molecular formula is C19H19N3O2S. The summed E-state index contributed by atoms with van der Waals surface area (Å²) in [5, 5.41) is 10.6. The predicted octanol–water partition coefficient (Wildman–Crippen LogP) is 3.64. The number of hydrogen-bond acceptors (Lipinski definition) is 5. The van der Waals surface area contributed by atoms with Crippen LogP contribution in [0.2, 0.25) is 0 Å². The van der Waals surface area contributed by atoms with E-state index < -0.39 is 12.0 Å². The highest BCUT2D eigenvalue weighted by Crippen LogP contribution is 2.38. The molecule has 3 aromatic rings. The average Bonchev–Trinajstić information content (AvgIpc) is 3.24. The van der Waals surface area contributed by atoms with E-state index in [9.17, 15) is 9.90 Å². The van der Waals surface area contributed by atoms with Crippen LogP contribution in [0.3, 0.4) is 0 Å². The van der Waals surface area contributed by atoms with E-state index >= 15 is 0 Å². The number of aryl methyl sites for hydroxylation is 1. The lowest BCUT2D eigenvalue weighted by Gasteiger charge is -2.30. The highest BCUT2D eigenvalue weighted by Gasteiger charge is 2.39. The van der Waals surface area contributed by atoms with Crippen molar-refractivity contribution >= 4 is 27.5 Å². The van der Waals surface area contributed by atoms with Crippen molar-refractivity contribution in [3.63, 3.8) is 0 Å². The number of aliphatic carboxylic acids is 1. The van der Waals surface area contributed by atoms with Gasteiger partial charge in [0, 0.05) is 12.7 Å². The van der Waals surface area contributed by atoms with Gasteiger partial charge in [-0.2, -0.15) is 0 Å². The van der Waals surface area contributed by atoms with Crippen molar-refractivity contribution in [2.75, 3.05) is 6.54 Å². The molecule has 3 heterocycles. The number of nitrogens with zero attached hydrogens (tertiary/aromatic N) is 3. The molecule has 2 aromatic heterocycles. The second-order valence-electron chi connectivity index (χ2n) is 6.36. The summed E-state index contributed by atoms with van der Waals surface area (Å²) >= 11 is 1.62. The Labute approximate surface area is 150 Å². The molecule has 1 aliphatic rings. The van der Waals surface area contributed by atoms with Crippen molar-refractivity contribution in [2.45, 2.75) is 31.8 Å². The lowest BCUT2D eigenvalue weighted by molar-refractivity contribution is -0.142. The molecule has 25 heavy (non-hydrogen) atoms. The number of pyridine rings is 1. The molecule has 0 aliphatic carbocycles. The Bertz CT molecular complexity index is 891. The number of thiazole rings is 1. The Kier molecular flexibility index (Phi) is 4.23. The molecule has 1 aliphatic heterocycles. The van der Waals surface area contributed by atoms with E-state index in [0.29, 0.717) is 6.42 Å². The SMILES string of the molecule is Cc1cccnc1C(c1nc2ccccc2s1)N1CCCC1C(=O)O. The Morgan fingerprint density at radius 2 is 2.16 bits per heavy atom. The fourth-order valence-electron chi connectivity index (χ4n) is 3.57. The molecule has 1 N–H and O–H groups in total. The van der Waals surface area contributed by atoms with Gasteiger partial charge in [0.05, 0.1) is 15.9 Å². The minimum absolute atomic E-state index is 0.220. The minimum Gasteiger partial charge on any atom is -0.480 e. The standard InChI is InChI=1S/C19H19N3O2S/c1-12-6-4-10-20-16(12)17(22-11-5-8-14(22)19(23)24)18-21-13-7-2-3-9-15(13)25-18/h2-4,6-7,9-10,14,17H,5,8,11H2,1H3,(H,23,24). The van der Waals surface area contributed by atoms with E-state index in [2.05, 4.69) is 16.0 Å². The highest BCUT2D eigenvalue weighted by molar-refractivity contribution is 7.18. The molecule has 128 valence electrons. The van der Waals surface area contributed by atoms with Crippen LogP contribution in [0.15, 0.2) is 42.6 Å². The zero-order valence-corrected chi connectivity index (χ0v) is 14.7. The Balaban J connectivity index is 1.86. The van der Waals surface area contributed by atoms with E-state index in [1.807, 2.05) is 37.3 Å². The first-order chi connectivity index (χ1) is 12.1. The van der Waals surface area contributed by atoms with Gasteiger partial charge in [0.1, 0.15) is 17.1 Å². The number of rotatable bonds is 4. The summed E-state index contributed by atoms with van der Waals surface area (Å²) < 4.78 is 1.11. The number of hydrogen-bond donors (Lipinski definition) is 1. The maximum absolute atomic E-state index is 11.8. The second kappa shape index (κ2) is 6.54. The molecule has 0 saturated carbocycles. The topological polar surface area (TPSA) is 66.3 Å². The number of carboxylic acid groups (broad SMARTS) is 1. The van der Waals surface area contributed by atoms with E-state index in [4.69, 9.17) is 4.98 Å². The zero-order valence-electron chi connectivity index (χ0n) is 13.9. The largest absolute Gasteiger partial charge is 0.480 e. The van der Waals surface area contributed by atoms with Crippen LogP contribution < -0.4 is 0 Å². The summed E-state index contributed by atoms with van der Waals surface area (Å²) in [4.78, 5) is 23.2. The number of carbonyl (C=O) groups is 1. The molecule has 2 unspecified atom stereocenters. The van der Waals surface area contributed by atoms with Crippen molar-refractivity contribution in [3.8, 4) is 0 Å². The number of para-hydroxylation sites is 1. The number of aromatic nitrogens is 2. The Morgan fingerprint density at radius 3 is 2.92 bits per heavy atom. The van der Waals surface area contributed by atoms with Gasteiger partial charge in [-0.25, -0.2) is 4.98 Å². The van der Waals surface area contributed by atoms with Crippen molar-refractivity contribution in [2.24, 2.45) is 0 Å². The number of carboxylic acids is 1. The fraction of sp³-hybridized carbons (Fsp3) is 0.316. The summed E-state index contributed by atoms with van der Waals surface area (Å²) in [6, 6.07) is 11.2.